The van der Waals surface area contributed by atoms with Gasteiger partial charge in [-0.1, -0.05) is 24.3 Å². The predicted octanol–water partition coefficient (Wildman–Crippen LogP) is 3.56. The topological polar surface area (TPSA) is 38.3 Å². The number of methoxy groups -OCH3 is 1. The Morgan fingerprint density at radius 3 is 2.56 bits per heavy atom. The van der Waals surface area contributed by atoms with Crippen LogP contribution in [-0.4, -0.2) is 13.4 Å². The maximum Gasteiger partial charge on any atom is 0.152 e. The van der Waals surface area contributed by atoms with E-state index in [4.69, 9.17) is 4.74 Å². The number of carbonyl (C=O) groups excluding carboxylic acids is 1. The minimum atomic E-state index is 0.581. The summed E-state index contributed by atoms with van der Waals surface area (Å²) in [6.07, 6.45) is 0.823. The van der Waals surface area contributed by atoms with E-state index in [1.807, 2.05) is 37.3 Å². The molecular weight excluding hydrogens is 226 g/mol. The molecule has 2 aromatic rings. The van der Waals surface area contributed by atoms with Crippen molar-refractivity contribution >= 4 is 17.7 Å². The Morgan fingerprint density at radius 2 is 1.89 bits per heavy atom. The predicted molar refractivity (Wildman–Crippen MR) is 72.8 cm³/mol. The zero-order chi connectivity index (χ0) is 13.0. The van der Waals surface area contributed by atoms with Gasteiger partial charge in [0.15, 0.2) is 6.29 Å². The summed E-state index contributed by atoms with van der Waals surface area (Å²) in [6, 6.07) is 13.3. The van der Waals surface area contributed by atoms with Gasteiger partial charge in [0.2, 0.25) is 0 Å². The molecule has 18 heavy (non-hydrogen) atoms. The van der Waals surface area contributed by atoms with Gasteiger partial charge in [-0.2, -0.15) is 0 Å². The average Bonchev–Trinajstić information content (AvgIpc) is 2.41. The Labute approximate surface area is 106 Å². The zero-order valence-electron chi connectivity index (χ0n) is 10.4. The highest BCUT2D eigenvalue weighted by Gasteiger charge is 2.09. The number of benzene rings is 2. The molecule has 0 fully saturated rings. The molecule has 3 nitrogen and oxygen atoms in total. The number of anilines is 2. The standard InChI is InChI=1S/C15H15NO2/c1-11-6-3-4-8-13(11)16-15-12(10-17)7-5-9-14(15)18-2/h3-10,16H,1-2H3. The highest BCUT2D eigenvalue weighted by atomic mass is 16.5. The first-order chi connectivity index (χ1) is 8.76. The normalized spacial score (nSPS) is 9.89. The Hall–Kier alpha value is -2.29. The second-order valence-corrected chi connectivity index (χ2v) is 3.98. The molecule has 0 heterocycles. The Bertz CT molecular complexity index is 564. The molecule has 0 bridgehead atoms. The van der Waals surface area contributed by atoms with Gasteiger partial charge in [0.1, 0.15) is 5.75 Å². The van der Waals surface area contributed by atoms with Gasteiger partial charge in [-0.15, -0.1) is 0 Å². The number of hydrogen-bond acceptors (Lipinski definition) is 3. The molecule has 0 aliphatic rings. The lowest BCUT2D eigenvalue weighted by molar-refractivity contribution is 0.112. The minimum absolute atomic E-state index is 0.581. The monoisotopic (exact) mass is 241 g/mol. The van der Waals surface area contributed by atoms with Gasteiger partial charge in [0.25, 0.3) is 0 Å². The first-order valence-electron chi connectivity index (χ1n) is 5.71. The lowest BCUT2D eigenvalue weighted by atomic mass is 10.1. The minimum Gasteiger partial charge on any atom is -0.495 e. The molecule has 0 atom stereocenters. The van der Waals surface area contributed by atoms with Crippen molar-refractivity contribution in [1.82, 2.24) is 0 Å². The SMILES string of the molecule is COc1cccc(C=O)c1Nc1ccccc1C. The average molecular weight is 241 g/mol. The second-order valence-electron chi connectivity index (χ2n) is 3.98. The third-order valence-corrected chi connectivity index (χ3v) is 2.81. The van der Waals surface area contributed by atoms with Crippen molar-refractivity contribution in [2.24, 2.45) is 0 Å². The van der Waals surface area contributed by atoms with E-state index in [1.165, 1.54) is 0 Å². The number of hydrogen-bond donors (Lipinski definition) is 1. The molecule has 92 valence electrons. The highest BCUT2D eigenvalue weighted by Crippen LogP contribution is 2.31. The van der Waals surface area contributed by atoms with Crippen molar-refractivity contribution in [1.29, 1.82) is 0 Å². The third-order valence-electron chi connectivity index (χ3n) is 2.81. The third kappa shape index (κ3) is 2.35. The molecule has 1 N–H and O–H groups in total. The van der Waals surface area contributed by atoms with Crippen LogP contribution in [0.4, 0.5) is 11.4 Å². The molecule has 0 amide bonds. The van der Waals surface area contributed by atoms with Crippen LogP contribution in [0.25, 0.3) is 0 Å². The summed E-state index contributed by atoms with van der Waals surface area (Å²) in [7, 11) is 1.59. The fourth-order valence-corrected chi connectivity index (χ4v) is 1.80. The maximum absolute atomic E-state index is 11.1. The van der Waals surface area contributed by atoms with Crippen molar-refractivity contribution in [2.45, 2.75) is 6.92 Å². The summed E-state index contributed by atoms with van der Waals surface area (Å²) in [5.41, 5.74) is 3.35. The summed E-state index contributed by atoms with van der Waals surface area (Å²) in [6.45, 7) is 2.01. The fourth-order valence-electron chi connectivity index (χ4n) is 1.80. The molecule has 0 saturated heterocycles. The van der Waals surface area contributed by atoms with E-state index in [1.54, 1.807) is 19.2 Å². The van der Waals surface area contributed by atoms with Crippen molar-refractivity contribution in [3.63, 3.8) is 0 Å². The quantitative estimate of drug-likeness (QED) is 0.832. The van der Waals surface area contributed by atoms with Gasteiger partial charge in [0.05, 0.1) is 12.8 Å². The van der Waals surface area contributed by atoms with Gasteiger partial charge < -0.3 is 10.1 Å². The van der Waals surface area contributed by atoms with Crippen LogP contribution in [0.1, 0.15) is 15.9 Å². The lowest BCUT2D eigenvalue weighted by Crippen LogP contribution is -2.00. The summed E-state index contributed by atoms with van der Waals surface area (Å²) in [5.74, 6) is 0.655. The molecule has 2 aromatic carbocycles. The summed E-state index contributed by atoms with van der Waals surface area (Å²) in [5, 5.41) is 3.26. The molecule has 2 rings (SSSR count). The van der Waals surface area contributed by atoms with Gasteiger partial charge in [0, 0.05) is 11.3 Å². The van der Waals surface area contributed by atoms with Crippen LogP contribution >= 0.6 is 0 Å². The van der Waals surface area contributed by atoms with E-state index < -0.39 is 0 Å². The smallest absolute Gasteiger partial charge is 0.152 e. The van der Waals surface area contributed by atoms with Gasteiger partial charge in [-0.25, -0.2) is 0 Å². The molecule has 0 radical (unpaired) electrons. The molecule has 3 heteroatoms. The van der Waals surface area contributed by atoms with E-state index in [0.717, 1.165) is 17.5 Å². The molecule has 0 aromatic heterocycles. The number of aryl methyl sites for hydroxylation is 1. The van der Waals surface area contributed by atoms with Crippen molar-refractivity contribution in [3.8, 4) is 5.75 Å². The number of carbonyl (C=O) groups is 1. The molecule has 0 aliphatic carbocycles. The first kappa shape index (κ1) is 12.2. The van der Waals surface area contributed by atoms with E-state index in [2.05, 4.69) is 5.32 Å². The van der Waals surface area contributed by atoms with Crippen molar-refractivity contribution in [2.75, 3.05) is 12.4 Å². The van der Waals surface area contributed by atoms with Crippen LogP contribution in [0.2, 0.25) is 0 Å². The van der Waals surface area contributed by atoms with Gasteiger partial charge in [-0.05, 0) is 30.7 Å². The van der Waals surface area contributed by atoms with Crippen molar-refractivity contribution < 1.29 is 9.53 Å². The summed E-state index contributed by atoms with van der Waals surface area (Å²) in [4.78, 5) is 11.1. The van der Waals surface area contributed by atoms with Crippen LogP contribution in [0.15, 0.2) is 42.5 Å². The van der Waals surface area contributed by atoms with E-state index >= 15 is 0 Å². The van der Waals surface area contributed by atoms with Crippen LogP contribution in [-0.2, 0) is 0 Å². The number of para-hydroxylation sites is 2. The van der Waals surface area contributed by atoms with Gasteiger partial charge >= 0.3 is 0 Å². The van der Waals surface area contributed by atoms with Crippen LogP contribution in [0.3, 0.4) is 0 Å². The molecule has 0 spiro atoms. The Balaban J connectivity index is 2.45. The molecule has 0 aliphatic heterocycles. The summed E-state index contributed by atoms with van der Waals surface area (Å²) >= 11 is 0. The van der Waals surface area contributed by atoms with Crippen LogP contribution in [0.5, 0.6) is 5.75 Å². The maximum atomic E-state index is 11.1. The Morgan fingerprint density at radius 1 is 1.11 bits per heavy atom. The molecule has 0 unspecified atom stereocenters. The Kier molecular flexibility index (Phi) is 3.63. The van der Waals surface area contributed by atoms with Crippen molar-refractivity contribution in [3.05, 3.63) is 53.6 Å². The van der Waals surface area contributed by atoms with E-state index in [9.17, 15) is 4.79 Å². The highest BCUT2D eigenvalue weighted by molar-refractivity contribution is 5.89. The van der Waals surface area contributed by atoms with E-state index in [0.29, 0.717) is 17.0 Å². The first-order valence-corrected chi connectivity index (χ1v) is 5.71. The fraction of sp³-hybridized carbons (Fsp3) is 0.133. The number of nitrogens with one attached hydrogen (secondary N) is 1. The number of ether oxygens (including phenoxy) is 1. The number of rotatable bonds is 4. The second kappa shape index (κ2) is 5.36. The largest absolute Gasteiger partial charge is 0.495 e. The van der Waals surface area contributed by atoms with E-state index in [-0.39, 0.29) is 0 Å². The van der Waals surface area contributed by atoms with Crippen LogP contribution in [0, 0.1) is 6.92 Å². The summed E-state index contributed by atoms with van der Waals surface area (Å²) < 4.78 is 5.28. The van der Waals surface area contributed by atoms with Gasteiger partial charge in [-0.3, -0.25) is 4.79 Å². The van der Waals surface area contributed by atoms with Crippen LogP contribution < -0.4 is 10.1 Å². The number of aldehydes is 1. The molecule has 0 saturated carbocycles. The zero-order valence-corrected chi connectivity index (χ0v) is 10.4. The molecular formula is C15H15NO2. The lowest BCUT2D eigenvalue weighted by Gasteiger charge is -2.14.